The van der Waals surface area contributed by atoms with E-state index in [-0.39, 0.29) is 24.4 Å². The van der Waals surface area contributed by atoms with Crippen LogP contribution in [0.2, 0.25) is 10.0 Å². The number of fused-ring (bicyclic) bond motifs is 4. The molecule has 3 heterocycles. The molecule has 6 unspecified atom stereocenters. The first kappa shape index (κ1) is 42.7. The number of aromatic hydroxyl groups is 1. The Morgan fingerprint density at radius 1 is 0.859 bits per heavy atom. The summed E-state index contributed by atoms with van der Waals surface area (Å²) in [7, 11) is 3.87. The summed E-state index contributed by atoms with van der Waals surface area (Å²) < 4.78 is 40.7. The molecule has 0 spiro atoms. The van der Waals surface area contributed by atoms with E-state index < -0.39 is 75.4 Å². The lowest BCUT2D eigenvalue weighted by Gasteiger charge is -2.50. The number of nitrogens with zero attached hydrogens (tertiary/aromatic N) is 6. The number of amides is 4. The van der Waals surface area contributed by atoms with Crippen molar-refractivity contribution in [3.8, 4) is 5.75 Å². The highest BCUT2D eigenvalue weighted by Crippen LogP contribution is 2.65. The van der Waals surface area contributed by atoms with Gasteiger partial charge in [-0.25, -0.2) is 4.98 Å². The van der Waals surface area contributed by atoms with E-state index in [1.165, 1.54) is 0 Å². The summed E-state index contributed by atoms with van der Waals surface area (Å²) in [6.45, 7) is 1.69. The maximum Gasteiger partial charge on any atom is 0.417 e. The van der Waals surface area contributed by atoms with Gasteiger partial charge in [-0.2, -0.15) is 28.4 Å². The number of hydrogen-bond donors (Lipinski definition) is 2. The molecule has 0 radical (unpaired) electrons. The Morgan fingerprint density at radius 2 is 1.52 bits per heavy atom. The molecule has 4 amide bonds. The number of imide groups is 2. The number of pyridine rings is 1. The van der Waals surface area contributed by atoms with Crippen LogP contribution in [0.1, 0.15) is 41.0 Å². The van der Waals surface area contributed by atoms with E-state index in [2.05, 4.69) is 20.6 Å². The summed E-state index contributed by atoms with van der Waals surface area (Å²) in [5.41, 5.74) is 3.85. The summed E-state index contributed by atoms with van der Waals surface area (Å²) in [4.78, 5) is 66.5. The highest BCUT2D eigenvalue weighted by molar-refractivity contribution is 6.33. The Hall–Kier alpha value is -6.58. The van der Waals surface area contributed by atoms with E-state index in [4.69, 9.17) is 23.2 Å². The van der Waals surface area contributed by atoms with E-state index in [1.807, 2.05) is 49.3 Å². The van der Waals surface area contributed by atoms with Crippen molar-refractivity contribution in [1.29, 1.82) is 0 Å². The highest BCUT2D eigenvalue weighted by Gasteiger charge is 2.70. The zero-order valence-corrected chi connectivity index (χ0v) is 35.9. The summed E-state index contributed by atoms with van der Waals surface area (Å²) >= 11 is 12.7. The summed E-state index contributed by atoms with van der Waals surface area (Å²) in [5.74, 6) is -7.87. The van der Waals surface area contributed by atoms with Crippen molar-refractivity contribution >= 4 is 75.4 Å². The van der Waals surface area contributed by atoms with Gasteiger partial charge in [-0.3, -0.25) is 29.5 Å². The van der Waals surface area contributed by atoms with Crippen molar-refractivity contribution in [3.05, 3.63) is 147 Å². The lowest BCUT2D eigenvalue weighted by Crippen LogP contribution is -2.53. The van der Waals surface area contributed by atoms with Crippen LogP contribution in [0.15, 0.2) is 125 Å². The fourth-order valence-electron chi connectivity index (χ4n) is 9.90. The Morgan fingerprint density at radius 3 is 2.14 bits per heavy atom. The molecule has 2 aliphatic carbocycles. The molecule has 3 fully saturated rings. The minimum Gasteiger partial charge on any atom is -0.507 e. The predicted molar refractivity (Wildman–Crippen MR) is 234 cm³/mol. The normalized spacial score (nSPS) is 24.2. The second kappa shape index (κ2) is 15.9. The number of rotatable bonds is 8. The van der Waals surface area contributed by atoms with Crippen molar-refractivity contribution in [3.63, 3.8) is 0 Å². The molecule has 9 rings (SSSR count). The smallest absolute Gasteiger partial charge is 0.417 e. The molecule has 64 heavy (non-hydrogen) atoms. The second-order valence-electron chi connectivity index (χ2n) is 16.6. The summed E-state index contributed by atoms with van der Waals surface area (Å²) in [6.07, 6.45) is -2.35. The number of anilines is 3. The molecule has 326 valence electrons. The van der Waals surface area contributed by atoms with Crippen LogP contribution in [0.3, 0.4) is 0 Å². The van der Waals surface area contributed by atoms with Crippen LogP contribution in [0.25, 0.3) is 0 Å². The number of benzene rings is 4. The number of aryl methyl sites for hydroxylation is 1. The first-order chi connectivity index (χ1) is 30.5. The number of hydrogen-bond acceptors (Lipinski definition) is 10. The van der Waals surface area contributed by atoms with Gasteiger partial charge in [0.2, 0.25) is 11.8 Å². The maximum absolute atomic E-state index is 15.4. The average molecular weight is 909 g/mol. The lowest BCUT2D eigenvalue weighted by molar-refractivity contribution is -0.139. The van der Waals surface area contributed by atoms with Crippen LogP contribution in [0.5, 0.6) is 5.75 Å². The Kier molecular flexibility index (Phi) is 10.6. The third kappa shape index (κ3) is 6.88. The van der Waals surface area contributed by atoms with Gasteiger partial charge in [0.05, 0.1) is 50.8 Å². The number of halogens is 5. The maximum atomic E-state index is 15.4. The first-order valence-corrected chi connectivity index (χ1v) is 21.1. The van der Waals surface area contributed by atoms with Crippen LogP contribution < -0.4 is 15.2 Å². The molecule has 12 nitrogen and oxygen atoms in total. The van der Waals surface area contributed by atoms with Crippen molar-refractivity contribution in [1.82, 2.24) is 9.99 Å². The number of alkyl halides is 3. The van der Waals surface area contributed by atoms with E-state index in [9.17, 15) is 32.7 Å². The van der Waals surface area contributed by atoms with E-state index >= 15 is 4.79 Å². The van der Waals surface area contributed by atoms with Gasteiger partial charge in [0.1, 0.15) is 5.75 Å². The molecule has 5 aromatic rings. The predicted octanol–water partition coefficient (Wildman–Crippen LogP) is 10.1. The molecule has 4 aliphatic rings. The number of hydrazine groups is 1. The van der Waals surface area contributed by atoms with E-state index in [1.54, 1.807) is 73.7 Å². The Balaban J connectivity index is 1.11. The summed E-state index contributed by atoms with van der Waals surface area (Å²) in [5, 5.41) is 21.0. The third-order valence-electron chi connectivity index (χ3n) is 12.9. The van der Waals surface area contributed by atoms with Gasteiger partial charge in [-0.1, -0.05) is 65.2 Å². The molecule has 1 saturated carbocycles. The standard InChI is InChI=1S/C47H38Cl2F3N7O5/c1-24-5-4-6-34(40(24)60)39-32-19-20-33-38(44(63)58(42(33)61)31-17-13-29(14-18-31)55-54-28-11-15-30(16-12-28)57(2)3)35(32)22-36-43(62)59(45(64)46(36,39)25-7-9-27(48)10-8-25)56-41-37(49)21-26(23-53-41)47(50,51)52/h4-19,21,23,33,35-36,38-39,60H,20,22H2,1-3H3,(H,53,56). The second-order valence-corrected chi connectivity index (χ2v) is 17.4. The minimum atomic E-state index is -4.77. The number of phenolic OH excluding ortho intramolecular Hbond substituents is 1. The fraction of sp³-hybridized carbons (Fsp3) is 0.255. The molecule has 0 bridgehead atoms. The molecule has 2 N–H and O–H groups in total. The highest BCUT2D eigenvalue weighted by atomic mass is 35.5. The SMILES string of the molecule is Cc1cccc(C2C3=CCC4C(=O)N(c5ccc(N=Nc6ccc(N(C)C)cc6)cc5)C(=O)C4C3CC3C(=O)N(Nc4ncc(C(F)(F)F)cc4Cl)C(=O)C32c2ccc(Cl)cc2)c1O. The Labute approximate surface area is 375 Å². The van der Waals surface area contributed by atoms with Gasteiger partial charge in [-0.15, -0.1) is 0 Å². The van der Waals surface area contributed by atoms with Gasteiger partial charge >= 0.3 is 6.18 Å². The first-order valence-electron chi connectivity index (χ1n) is 20.3. The van der Waals surface area contributed by atoms with E-state index in [0.717, 1.165) is 10.6 Å². The van der Waals surface area contributed by atoms with Gasteiger partial charge in [0, 0.05) is 42.5 Å². The number of para-hydroxylation sites is 1. The monoisotopic (exact) mass is 907 g/mol. The van der Waals surface area contributed by atoms with Crippen LogP contribution >= 0.6 is 23.2 Å². The number of aromatic nitrogens is 1. The number of allylic oxidation sites excluding steroid dienone is 2. The fourth-order valence-corrected chi connectivity index (χ4v) is 10.2. The lowest BCUT2D eigenvalue weighted by atomic mass is 9.49. The molecule has 6 atom stereocenters. The largest absolute Gasteiger partial charge is 0.507 e. The van der Waals surface area contributed by atoms with Crippen molar-refractivity contribution in [2.45, 2.75) is 37.3 Å². The Bertz CT molecular complexity index is 2800. The topological polar surface area (TPSA) is 148 Å². The van der Waals surface area contributed by atoms with Gasteiger partial charge in [-0.05, 0) is 104 Å². The number of carbonyl (C=O) groups is 4. The van der Waals surface area contributed by atoms with Crippen molar-refractivity contribution < 1.29 is 37.5 Å². The molecule has 4 aromatic carbocycles. The van der Waals surface area contributed by atoms with E-state index in [0.29, 0.717) is 61.6 Å². The van der Waals surface area contributed by atoms with Gasteiger partial charge in [0.15, 0.2) is 5.82 Å². The van der Waals surface area contributed by atoms with Crippen LogP contribution in [0.4, 0.5) is 41.7 Å². The average Bonchev–Trinajstić information content (AvgIpc) is 3.65. The third-order valence-corrected chi connectivity index (χ3v) is 13.4. The number of azo groups is 1. The van der Waals surface area contributed by atoms with Crippen LogP contribution in [0, 0.1) is 30.6 Å². The van der Waals surface area contributed by atoms with Gasteiger partial charge in [0.25, 0.3) is 11.8 Å². The van der Waals surface area contributed by atoms with Crippen molar-refractivity contribution in [2.24, 2.45) is 33.9 Å². The number of phenols is 1. The zero-order valence-electron chi connectivity index (χ0n) is 34.3. The molecule has 1 aromatic heterocycles. The van der Waals surface area contributed by atoms with Crippen LogP contribution in [-0.4, -0.2) is 52.8 Å². The van der Waals surface area contributed by atoms with Crippen molar-refractivity contribution in [2.75, 3.05) is 29.3 Å². The molecule has 17 heteroatoms. The minimum absolute atomic E-state index is 0.0860. The summed E-state index contributed by atoms with van der Waals surface area (Å²) in [6, 6.07) is 26.1. The zero-order chi connectivity index (χ0) is 45.4. The number of nitrogens with one attached hydrogen (secondary N) is 1. The molecular weight excluding hydrogens is 870 g/mol. The number of carbonyl (C=O) groups excluding carboxylic acids is 4. The van der Waals surface area contributed by atoms with Crippen LogP contribution in [-0.2, 0) is 30.8 Å². The molecule has 2 saturated heterocycles. The molecular formula is C47H38Cl2F3N7O5. The quantitative estimate of drug-likeness (QED) is 0.0889. The van der Waals surface area contributed by atoms with Gasteiger partial charge < -0.3 is 10.0 Å². The molecule has 2 aliphatic heterocycles.